The van der Waals surface area contributed by atoms with Crippen LogP contribution in [0, 0.1) is 31.1 Å². The molecule has 0 amide bonds. The number of alkyl halides is 3. The van der Waals surface area contributed by atoms with Gasteiger partial charge < -0.3 is 9.99 Å². The zero-order valence-corrected chi connectivity index (χ0v) is 16.9. The number of pyridine rings is 2. The van der Waals surface area contributed by atoms with E-state index in [0.29, 0.717) is 22.6 Å². The lowest BCUT2D eigenvalue weighted by Gasteiger charge is -2.29. The number of nitrogens with one attached hydrogen (secondary N) is 2. The largest absolute Gasteiger partial charge is 0.402 e. The van der Waals surface area contributed by atoms with Gasteiger partial charge in [-0.3, -0.25) is 4.98 Å². The van der Waals surface area contributed by atoms with Gasteiger partial charge in [0.15, 0.2) is 0 Å². The molecule has 4 rings (SSSR count). The Hall–Kier alpha value is -3.56. The first kappa shape index (κ1) is 22.1. The van der Waals surface area contributed by atoms with Crippen molar-refractivity contribution in [1.82, 2.24) is 20.0 Å². The molecule has 0 atom stereocenters. The number of rotatable bonds is 5. The normalized spacial score (nSPS) is 13.7. The van der Waals surface area contributed by atoms with E-state index in [1.165, 1.54) is 6.20 Å². The van der Waals surface area contributed by atoms with E-state index in [1.54, 1.807) is 18.3 Å². The Kier molecular flexibility index (Phi) is 6.47. The summed E-state index contributed by atoms with van der Waals surface area (Å²) in [6, 6.07) is 7.85. The molecule has 0 aromatic carbocycles. The molecule has 1 fully saturated rings. The molecular formula is C22H21F3N6. The molecule has 3 aromatic rings. The minimum absolute atomic E-state index is 0.262. The van der Waals surface area contributed by atoms with Crippen LogP contribution >= 0.6 is 0 Å². The number of nitrogens with zero attached hydrogens (tertiary/aromatic N) is 4. The highest BCUT2D eigenvalue weighted by Gasteiger charge is 2.29. The van der Waals surface area contributed by atoms with Crippen molar-refractivity contribution in [3.63, 3.8) is 0 Å². The second kappa shape index (κ2) is 9.07. The zero-order chi connectivity index (χ0) is 22.6. The maximum absolute atomic E-state index is 12.3. The van der Waals surface area contributed by atoms with E-state index < -0.39 is 12.7 Å². The van der Waals surface area contributed by atoms with E-state index >= 15 is 0 Å². The minimum Gasteiger partial charge on any atom is -0.320 e. The Morgan fingerprint density at radius 1 is 1.23 bits per heavy atom. The van der Waals surface area contributed by atoms with Crippen LogP contribution in [0.3, 0.4) is 0 Å². The molecule has 31 heavy (non-hydrogen) atoms. The summed E-state index contributed by atoms with van der Waals surface area (Å²) in [5.41, 5.74) is 8.55. The topological polar surface area (TPSA) is 78.6 Å². The van der Waals surface area contributed by atoms with Crippen molar-refractivity contribution in [2.45, 2.75) is 38.4 Å². The Balaban J connectivity index is 0.00000132. The number of hydrazine groups is 1. The molecule has 160 valence electrons. The van der Waals surface area contributed by atoms with E-state index in [-0.39, 0.29) is 6.04 Å². The van der Waals surface area contributed by atoms with Crippen LogP contribution in [0.4, 0.5) is 18.9 Å². The molecule has 0 spiro atoms. The van der Waals surface area contributed by atoms with Crippen LogP contribution in [0.25, 0.3) is 22.4 Å². The molecule has 1 aliphatic rings. The second-order valence-corrected chi connectivity index (χ2v) is 7.20. The quantitative estimate of drug-likeness (QED) is 0.456. The fourth-order valence-corrected chi connectivity index (χ4v) is 3.51. The highest BCUT2D eigenvalue weighted by atomic mass is 19.4. The summed E-state index contributed by atoms with van der Waals surface area (Å²) in [5, 5.41) is 10.7. The average Bonchev–Trinajstić information content (AvgIpc) is 3.01. The third kappa shape index (κ3) is 4.62. The van der Waals surface area contributed by atoms with E-state index in [0.717, 1.165) is 35.9 Å². The Morgan fingerprint density at radius 3 is 2.52 bits per heavy atom. The number of terminal acetylenes is 1. The molecule has 0 unspecified atom stereocenters. The average molecular weight is 426 g/mol. The van der Waals surface area contributed by atoms with Crippen molar-refractivity contribution in [1.29, 1.82) is 5.26 Å². The first-order valence-electron chi connectivity index (χ1n) is 9.63. The predicted octanol–water partition coefficient (Wildman–Crippen LogP) is 4.73. The second-order valence-electron chi connectivity index (χ2n) is 7.20. The third-order valence-corrected chi connectivity index (χ3v) is 5.06. The van der Waals surface area contributed by atoms with Gasteiger partial charge in [-0.05, 0) is 49.9 Å². The number of nitriles is 1. The number of anilines is 1. The first-order valence-corrected chi connectivity index (χ1v) is 9.63. The lowest BCUT2D eigenvalue weighted by Crippen LogP contribution is -2.32. The van der Waals surface area contributed by atoms with Gasteiger partial charge in [-0.2, -0.15) is 18.4 Å². The highest BCUT2D eigenvalue weighted by Crippen LogP contribution is 2.41. The number of aromatic nitrogens is 3. The predicted molar refractivity (Wildman–Crippen MR) is 113 cm³/mol. The fraction of sp³-hybridized carbons (Fsp3) is 0.318. The van der Waals surface area contributed by atoms with Gasteiger partial charge >= 0.3 is 6.18 Å². The van der Waals surface area contributed by atoms with Crippen molar-refractivity contribution in [3.05, 3.63) is 41.7 Å². The summed E-state index contributed by atoms with van der Waals surface area (Å²) in [7, 11) is 0. The number of fused-ring (bicyclic) bond motifs is 1. The van der Waals surface area contributed by atoms with Crippen LogP contribution in [0.5, 0.6) is 0 Å². The summed E-state index contributed by atoms with van der Waals surface area (Å²) in [4.78, 5) is 8.98. The number of hydrogen-bond acceptors (Lipinski definition) is 5. The van der Waals surface area contributed by atoms with Crippen LogP contribution in [0.1, 0.15) is 36.4 Å². The van der Waals surface area contributed by atoms with Crippen LogP contribution in [0.15, 0.2) is 30.6 Å². The summed E-state index contributed by atoms with van der Waals surface area (Å²) < 4.78 is 38.9. The van der Waals surface area contributed by atoms with Crippen LogP contribution in [-0.4, -0.2) is 27.3 Å². The zero-order valence-electron chi connectivity index (χ0n) is 16.9. The molecule has 0 bridgehead atoms. The SMILES string of the molecule is C#C.Cc1cnc2c(c1)c(C#N)c(-c1ccc(NNCC(F)(F)F)cn1)n2C1CCC1. The Labute approximate surface area is 178 Å². The molecule has 2 N–H and O–H groups in total. The molecule has 0 saturated heterocycles. The van der Waals surface area contributed by atoms with Crippen molar-refractivity contribution < 1.29 is 13.2 Å². The lowest BCUT2D eigenvalue weighted by molar-refractivity contribution is -0.123. The van der Waals surface area contributed by atoms with Gasteiger partial charge in [0, 0.05) is 17.6 Å². The number of aryl methyl sites for hydroxylation is 1. The molecule has 3 heterocycles. The summed E-state index contributed by atoms with van der Waals surface area (Å²) in [6.07, 6.45) is 10.1. The van der Waals surface area contributed by atoms with Crippen LogP contribution < -0.4 is 10.9 Å². The summed E-state index contributed by atoms with van der Waals surface area (Å²) in [5.74, 6) is 0. The summed E-state index contributed by atoms with van der Waals surface area (Å²) in [6.45, 7) is 0.773. The monoisotopic (exact) mass is 426 g/mol. The van der Waals surface area contributed by atoms with Gasteiger partial charge in [-0.1, -0.05) is 0 Å². The minimum atomic E-state index is -4.31. The Morgan fingerprint density at radius 2 is 1.97 bits per heavy atom. The van der Waals surface area contributed by atoms with Crippen molar-refractivity contribution in [3.8, 4) is 30.3 Å². The standard InChI is InChI=1S/C20H19F3N6.C2H2/c1-12-7-15-16(8-24)18(29(14-3-2-4-14)19(15)26-9-12)17-6-5-13(10-25-17)28-27-11-20(21,22)23;1-2/h5-7,9-10,14,27-28H,2-4,11H2,1H3;1-2H. The van der Waals surface area contributed by atoms with Gasteiger partial charge in [0.2, 0.25) is 0 Å². The molecule has 9 heteroatoms. The lowest BCUT2D eigenvalue weighted by atomic mass is 9.92. The summed E-state index contributed by atoms with van der Waals surface area (Å²) >= 11 is 0. The van der Waals surface area contributed by atoms with Crippen molar-refractivity contribution >= 4 is 16.7 Å². The number of hydrogen-bond donors (Lipinski definition) is 2. The maximum atomic E-state index is 12.3. The van der Waals surface area contributed by atoms with Crippen LogP contribution in [-0.2, 0) is 0 Å². The molecule has 1 aliphatic carbocycles. The van der Waals surface area contributed by atoms with E-state index in [1.807, 2.05) is 13.0 Å². The van der Waals surface area contributed by atoms with E-state index in [9.17, 15) is 18.4 Å². The third-order valence-electron chi connectivity index (χ3n) is 5.06. The highest BCUT2D eigenvalue weighted by molar-refractivity contribution is 5.92. The molecular weight excluding hydrogens is 405 g/mol. The molecule has 3 aromatic heterocycles. The smallest absolute Gasteiger partial charge is 0.320 e. The number of halogens is 3. The van der Waals surface area contributed by atoms with Crippen molar-refractivity contribution in [2.24, 2.45) is 0 Å². The van der Waals surface area contributed by atoms with Gasteiger partial charge in [0.25, 0.3) is 0 Å². The van der Waals surface area contributed by atoms with Crippen LogP contribution in [0.2, 0.25) is 0 Å². The van der Waals surface area contributed by atoms with E-state index in [4.69, 9.17) is 0 Å². The van der Waals surface area contributed by atoms with Crippen molar-refractivity contribution in [2.75, 3.05) is 12.0 Å². The van der Waals surface area contributed by atoms with Gasteiger partial charge in [-0.25, -0.2) is 10.4 Å². The fourth-order valence-electron chi connectivity index (χ4n) is 3.51. The maximum Gasteiger partial charge on any atom is 0.402 e. The van der Waals surface area contributed by atoms with Gasteiger partial charge in [-0.15, -0.1) is 12.8 Å². The molecule has 0 aliphatic heterocycles. The molecule has 1 saturated carbocycles. The van der Waals surface area contributed by atoms with E-state index in [2.05, 4.69) is 44.3 Å². The first-order chi connectivity index (χ1) is 14.9. The molecule has 0 radical (unpaired) electrons. The van der Waals surface area contributed by atoms with Gasteiger partial charge in [0.1, 0.15) is 18.3 Å². The Bertz CT molecular complexity index is 1120. The van der Waals surface area contributed by atoms with Gasteiger partial charge in [0.05, 0.1) is 28.8 Å². The molecule has 6 nitrogen and oxygen atoms in total.